The summed E-state index contributed by atoms with van der Waals surface area (Å²) in [5.41, 5.74) is 2.05. The van der Waals surface area contributed by atoms with Crippen LogP contribution < -0.4 is 4.72 Å². The van der Waals surface area contributed by atoms with Gasteiger partial charge in [0, 0.05) is 5.69 Å². The molecule has 0 radical (unpaired) electrons. The first-order valence-corrected chi connectivity index (χ1v) is 7.61. The highest BCUT2D eigenvalue weighted by molar-refractivity contribution is 7.89. The van der Waals surface area contributed by atoms with Gasteiger partial charge >= 0.3 is 0 Å². The fourth-order valence-corrected chi connectivity index (χ4v) is 2.83. The molecule has 5 nitrogen and oxygen atoms in total. The van der Waals surface area contributed by atoms with Crippen molar-refractivity contribution < 1.29 is 13.5 Å². The van der Waals surface area contributed by atoms with Gasteiger partial charge in [-0.05, 0) is 36.8 Å². The van der Waals surface area contributed by atoms with Crippen molar-refractivity contribution in [2.24, 2.45) is 0 Å². The van der Waals surface area contributed by atoms with E-state index < -0.39 is 10.0 Å². The molecule has 1 aromatic heterocycles. The maximum atomic E-state index is 12.1. The first kappa shape index (κ1) is 14.6. The summed E-state index contributed by atoms with van der Waals surface area (Å²) in [6, 6.07) is 11.7. The van der Waals surface area contributed by atoms with Crippen LogP contribution in [0.2, 0.25) is 0 Å². The number of pyridine rings is 1. The molecule has 0 unspecified atom stereocenters. The average Bonchev–Trinajstić information content (AvgIpc) is 2.45. The van der Waals surface area contributed by atoms with Crippen molar-refractivity contribution in [2.45, 2.75) is 25.0 Å². The van der Waals surface area contributed by atoms with E-state index in [-0.39, 0.29) is 18.0 Å². The third kappa shape index (κ3) is 3.63. The SMILES string of the molecule is Cc1cccc(CNS(=O)(=O)c2cccc(CO)c2)n1. The summed E-state index contributed by atoms with van der Waals surface area (Å²) in [6.07, 6.45) is 0. The summed E-state index contributed by atoms with van der Waals surface area (Å²) >= 11 is 0. The van der Waals surface area contributed by atoms with Crippen LogP contribution in [0.25, 0.3) is 0 Å². The first-order chi connectivity index (χ1) is 9.51. The molecule has 0 spiro atoms. The minimum absolute atomic E-state index is 0.132. The van der Waals surface area contributed by atoms with Crippen molar-refractivity contribution in [2.75, 3.05) is 0 Å². The fraction of sp³-hybridized carbons (Fsp3) is 0.214. The molecule has 0 aliphatic carbocycles. The van der Waals surface area contributed by atoms with Gasteiger partial charge in [-0.2, -0.15) is 0 Å². The lowest BCUT2D eigenvalue weighted by atomic mass is 10.2. The number of nitrogens with zero attached hydrogens (tertiary/aromatic N) is 1. The summed E-state index contributed by atoms with van der Waals surface area (Å²) in [7, 11) is -3.61. The maximum Gasteiger partial charge on any atom is 0.240 e. The van der Waals surface area contributed by atoms with Gasteiger partial charge in [-0.25, -0.2) is 13.1 Å². The summed E-state index contributed by atoms with van der Waals surface area (Å²) in [6.45, 7) is 1.79. The Kier molecular flexibility index (Phi) is 4.49. The second kappa shape index (κ2) is 6.13. The highest BCUT2D eigenvalue weighted by atomic mass is 32.2. The molecule has 0 saturated carbocycles. The number of nitrogens with one attached hydrogen (secondary N) is 1. The highest BCUT2D eigenvalue weighted by Gasteiger charge is 2.14. The van der Waals surface area contributed by atoms with Gasteiger partial charge in [-0.15, -0.1) is 0 Å². The van der Waals surface area contributed by atoms with Crippen LogP contribution in [-0.2, 0) is 23.2 Å². The monoisotopic (exact) mass is 292 g/mol. The summed E-state index contributed by atoms with van der Waals surface area (Å²) < 4.78 is 26.8. The third-order valence-corrected chi connectivity index (χ3v) is 4.18. The molecule has 0 fully saturated rings. The average molecular weight is 292 g/mol. The summed E-state index contributed by atoms with van der Waals surface area (Å²) in [5.74, 6) is 0. The van der Waals surface area contributed by atoms with Crippen molar-refractivity contribution in [3.8, 4) is 0 Å². The molecular formula is C14H16N2O3S. The number of hydrogen-bond donors (Lipinski definition) is 2. The van der Waals surface area contributed by atoms with Gasteiger partial charge in [-0.1, -0.05) is 18.2 Å². The van der Waals surface area contributed by atoms with Crippen molar-refractivity contribution in [3.63, 3.8) is 0 Å². The normalized spacial score (nSPS) is 11.5. The molecule has 2 aromatic rings. The lowest BCUT2D eigenvalue weighted by molar-refractivity contribution is 0.281. The summed E-state index contributed by atoms with van der Waals surface area (Å²) in [4.78, 5) is 4.37. The van der Waals surface area contributed by atoms with Gasteiger partial charge in [0.15, 0.2) is 0 Å². The van der Waals surface area contributed by atoms with Gasteiger partial charge in [0.25, 0.3) is 0 Å². The van der Waals surface area contributed by atoms with Crippen LogP contribution in [0.15, 0.2) is 47.4 Å². The number of benzene rings is 1. The number of sulfonamides is 1. The minimum atomic E-state index is -3.61. The van der Waals surface area contributed by atoms with E-state index in [1.54, 1.807) is 18.2 Å². The smallest absolute Gasteiger partial charge is 0.240 e. The molecule has 20 heavy (non-hydrogen) atoms. The van der Waals surface area contributed by atoms with E-state index in [1.807, 2.05) is 19.1 Å². The molecule has 106 valence electrons. The molecule has 1 heterocycles. The Morgan fingerprint density at radius 3 is 2.65 bits per heavy atom. The van der Waals surface area contributed by atoms with Crippen LogP contribution in [-0.4, -0.2) is 18.5 Å². The summed E-state index contributed by atoms with van der Waals surface area (Å²) in [5, 5.41) is 9.04. The van der Waals surface area contributed by atoms with Crippen LogP contribution in [0.4, 0.5) is 0 Å². The maximum absolute atomic E-state index is 12.1. The fourth-order valence-electron chi connectivity index (χ4n) is 1.76. The number of hydrogen-bond acceptors (Lipinski definition) is 4. The second-order valence-electron chi connectivity index (χ2n) is 4.40. The second-order valence-corrected chi connectivity index (χ2v) is 6.17. The number of rotatable bonds is 5. The van der Waals surface area contributed by atoms with Crippen molar-refractivity contribution in [3.05, 3.63) is 59.4 Å². The molecule has 6 heteroatoms. The van der Waals surface area contributed by atoms with Crippen LogP contribution in [0.5, 0.6) is 0 Å². The lowest BCUT2D eigenvalue weighted by Crippen LogP contribution is -2.23. The van der Waals surface area contributed by atoms with E-state index >= 15 is 0 Å². The molecule has 0 saturated heterocycles. The van der Waals surface area contributed by atoms with Crippen molar-refractivity contribution >= 4 is 10.0 Å². The zero-order valence-electron chi connectivity index (χ0n) is 11.1. The Bertz CT molecular complexity index is 699. The number of aromatic nitrogens is 1. The van der Waals surface area contributed by atoms with Crippen LogP contribution in [0.1, 0.15) is 17.0 Å². The van der Waals surface area contributed by atoms with E-state index in [1.165, 1.54) is 12.1 Å². The Labute approximate surface area is 118 Å². The Balaban J connectivity index is 2.15. The van der Waals surface area contributed by atoms with E-state index in [9.17, 15) is 8.42 Å². The van der Waals surface area contributed by atoms with E-state index in [0.29, 0.717) is 11.3 Å². The topological polar surface area (TPSA) is 79.3 Å². The van der Waals surface area contributed by atoms with Gasteiger partial charge in [0.1, 0.15) is 0 Å². The molecule has 1 aromatic carbocycles. The Morgan fingerprint density at radius 1 is 1.20 bits per heavy atom. The molecule has 2 rings (SSSR count). The molecule has 0 amide bonds. The predicted octanol–water partition coefficient (Wildman–Crippen LogP) is 1.36. The van der Waals surface area contributed by atoms with E-state index in [4.69, 9.17) is 5.11 Å². The lowest BCUT2D eigenvalue weighted by Gasteiger charge is -2.08. The standard InChI is InChI=1S/C14H16N2O3S/c1-11-4-2-6-13(16-11)9-15-20(18,19)14-7-3-5-12(8-14)10-17/h2-8,15,17H,9-10H2,1H3. The van der Waals surface area contributed by atoms with Gasteiger partial charge in [0.2, 0.25) is 10.0 Å². The molecule has 2 N–H and O–H groups in total. The zero-order chi connectivity index (χ0) is 14.6. The molecule has 0 bridgehead atoms. The largest absolute Gasteiger partial charge is 0.392 e. The molecule has 0 aliphatic heterocycles. The number of aryl methyl sites for hydroxylation is 1. The highest BCUT2D eigenvalue weighted by Crippen LogP contribution is 2.12. The van der Waals surface area contributed by atoms with Gasteiger partial charge in [0.05, 0.1) is 23.7 Å². The third-order valence-electron chi connectivity index (χ3n) is 2.78. The van der Waals surface area contributed by atoms with Gasteiger partial charge in [-0.3, -0.25) is 4.98 Å². The Morgan fingerprint density at radius 2 is 1.95 bits per heavy atom. The molecule has 0 atom stereocenters. The van der Waals surface area contributed by atoms with E-state index in [2.05, 4.69) is 9.71 Å². The first-order valence-electron chi connectivity index (χ1n) is 6.13. The van der Waals surface area contributed by atoms with Crippen molar-refractivity contribution in [1.82, 2.24) is 9.71 Å². The van der Waals surface area contributed by atoms with Crippen LogP contribution in [0, 0.1) is 6.92 Å². The number of aliphatic hydroxyl groups excluding tert-OH is 1. The van der Waals surface area contributed by atoms with Crippen molar-refractivity contribution in [1.29, 1.82) is 0 Å². The molecule has 0 aliphatic rings. The van der Waals surface area contributed by atoms with Crippen LogP contribution in [0.3, 0.4) is 0 Å². The minimum Gasteiger partial charge on any atom is -0.392 e. The van der Waals surface area contributed by atoms with Crippen LogP contribution >= 0.6 is 0 Å². The Hall–Kier alpha value is -1.76. The number of aliphatic hydroxyl groups is 1. The van der Waals surface area contributed by atoms with E-state index in [0.717, 1.165) is 5.69 Å². The predicted molar refractivity (Wildman–Crippen MR) is 75.4 cm³/mol. The molecular weight excluding hydrogens is 276 g/mol. The zero-order valence-corrected chi connectivity index (χ0v) is 11.9. The quantitative estimate of drug-likeness (QED) is 0.872. The van der Waals surface area contributed by atoms with Gasteiger partial charge < -0.3 is 5.11 Å².